The van der Waals surface area contributed by atoms with Gasteiger partial charge >= 0.3 is 0 Å². The summed E-state index contributed by atoms with van der Waals surface area (Å²) in [5, 5.41) is 12.7. The van der Waals surface area contributed by atoms with Crippen LogP contribution in [0, 0.1) is 6.92 Å². The molecular formula is C17H19NO2. The first kappa shape index (κ1) is 14.1. The van der Waals surface area contributed by atoms with E-state index >= 15 is 0 Å². The number of phenolic OH excluding ortho intramolecular Hbond substituents is 1. The van der Waals surface area contributed by atoms with Gasteiger partial charge in [0.05, 0.1) is 5.56 Å². The fourth-order valence-corrected chi connectivity index (χ4v) is 2.15. The minimum absolute atomic E-state index is 0.000993. The predicted molar refractivity (Wildman–Crippen MR) is 81.2 cm³/mol. The highest BCUT2D eigenvalue weighted by atomic mass is 16.3. The molecule has 2 aromatic rings. The van der Waals surface area contributed by atoms with E-state index in [1.807, 2.05) is 31.2 Å². The van der Waals surface area contributed by atoms with Gasteiger partial charge in [-0.3, -0.25) is 4.79 Å². The molecule has 0 aromatic heterocycles. The van der Waals surface area contributed by atoms with Crippen molar-refractivity contribution in [2.45, 2.75) is 26.7 Å². The van der Waals surface area contributed by atoms with Crippen molar-refractivity contribution in [3.63, 3.8) is 0 Å². The summed E-state index contributed by atoms with van der Waals surface area (Å²) in [4.78, 5) is 12.3. The highest BCUT2D eigenvalue weighted by molar-refractivity contribution is 6.06. The zero-order chi connectivity index (χ0) is 14.5. The number of carbonyl (C=O) groups excluding carboxylic acids is 1. The van der Waals surface area contributed by atoms with E-state index in [0.29, 0.717) is 5.56 Å². The molecule has 0 aliphatic heterocycles. The molecule has 0 saturated carbocycles. The van der Waals surface area contributed by atoms with Crippen LogP contribution in [0.5, 0.6) is 5.75 Å². The van der Waals surface area contributed by atoms with Gasteiger partial charge < -0.3 is 10.4 Å². The van der Waals surface area contributed by atoms with Crippen LogP contribution in [0.2, 0.25) is 0 Å². The Kier molecular flexibility index (Phi) is 4.41. The monoisotopic (exact) mass is 269 g/mol. The first-order valence-electron chi connectivity index (χ1n) is 6.80. The fraction of sp³-hybridized carbons (Fsp3) is 0.235. The minimum atomic E-state index is -0.283. The second-order valence-corrected chi connectivity index (χ2v) is 4.88. The number of aryl methyl sites for hydroxylation is 2. The van der Waals surface area contributed by atoms with E-state index < -0.39 is 0 Å². The second-order valence-electron chi connectivity index (χ2n) is 4.88. The van der Waals surface area contributed by atoms with Crippen molar-refractivity contribution in [2.24, 2.45) is 0 Å². The standard InChI is InChI=1S/C17H19NO2/c1-3-6-13-7-4-5-8-15(13)18-17(20)14-11-12(2)9-10-16(14)19/h4-5,7-11,19H,3,6H2,1-2H3,(H,18,20). The molecule has 2 rings (SSSR count). The number of nitrogens with one attached hydrogen (secondary N) is 1. The van der Waals surface area contributed by atoms with Crippen LogP contribution in [0.15, 0.2) is 42.5 Å². The lowest BCUT2D eigenvalue weighted by atomic mass is 10.1. The Bertz CT molecular complexity index is 620. The Morgan fingerprint density at radius 3 is 2.70 bits per heavy atom. The molecule has 3 nitrogen and oxygen atoms in total. The Labute approximate surface area is 119 Å². The van der Waals surface area contributed by atoms with E-state index in [1.165, 1.54) is 0 Å². The van der Waals surface area contributed by atoms with Gasteiger partial charge in [-0.1, -0.05) is 43.2 Å². The number of phenols is 1. The maximum atomic E-state index is 12.3. The maximum Gasteiger partial charge on any atom is 0.259 e. The highest BCUT2D eigenvalue weighted by Crippen LogP contribution is 2.22. The number of carbonyl (C=O) groups is 1. The lowest BCUT2D eigenvalue weighted by Crippen LogP contribution is -2.13. The van der Waals surface area contributed by atoms with E-state index in [2.05, 4.69) is 12.2 Å². The molecule has 0 heterocycles. The first-order chi connectivity index (χ1) is 9.61. The summed E-state index contributed by atoms with van der Waals surface area (Å²) in [5.74, 6) is -0.282. The largest absolute Gasteiger partial charge is 0.507 e. The highest BCUT2D eigenvalue weighted by Gasteiger charge is 2.12. The fourth-order valence-electron chi connectivity index (χ4n) is 2.15. The molecule has 0 unspecified atom stereocenters. The van der Waals surface area contributed by atoms with Gasteiger partial charge in [0, 0.05) is 5.69 Å². The Morgan fingerprint density at radius 1 is 1.20 bits per heavy atom. The number of hydrogen-bond donors (Lipinski definition) is 2. The maximum absolute atomic E-state index is 12.3. The summed E-state index contributed by atoms with van der Waals surface area (Å²) >= 11 is 0. The van der Waals surface area contributed by atoms with Crippen LogP contribution in [-0.2, 0) is 6.42 Å². The quantitative estimate of drug-likeness (QED) is 0.884. The van der Waals surface area contributed by atoms with Gasteiger partial charge in [-0.15, -0.1) is 0 Å². The van der Waals surface area contributed by atoms with Crippen LogP contribution in [0.4, 0.5) is 5.69 Å². The van der Waals surface area contributed by atoms with E-state index in [0.717, 1.165) is 29.7 Å². The number of anilines is 1. The number of hydrogen-bond acceptors (Lipinski definition) is 2. The summed E-state index contributed by atoms with van der Waals surface area (Å²) in [6.45, 7) is 3.99. The first-order valence-corrected chi connectivity index (χ1v) is 6.80. The molecule has 2 aromatic carbocycles. The Hall–Kier alpha value is -2.29. The second kappa shape index (κ2) is 6.24. The summed E-state index contributed by atoms with van der Waals surface area (Å²) in [6, 6.07) is 12.8. The molecule has 0 spiro atoms. The van der Waals surface area contributed by atoms with Crippen molar-refractivity contribution in [3.05, 3.63) is 59.2 Å². The number of rotatable bonds is 4. The lowest BCUT2D eigenvalue weighted by molar-refractivity contribution is 0.102. The van der Waals surface area contributed by atoms with Gasteiger partial charge in [0.1, 0.15) is 5.75 Å². The van der Waals surface area contributed by atoms with E-state index in [-0.39, 0.29) is 11.7 Å². The van der Waals surface area contributed by atoms with Gasteiger partial charge in [-0.05, 0) is 37.1 Å². The minimum Gasteiger partial charge on any atom is -0.507 e. The van der Waals surface area contributed by atoms with Crippen LogP contribution < -0.4 is 5.32 Å². The Morgan fingerprint density at radius 2 is 1.95 bits per heavy atom. The van der Waals surface area contributed by atoms with Gasteiger partial charge in [0.2, 0.25) is 0 Å². The van der Waals surface area contributed by atoms with Crippen molar-refractivity contribution >= 4 is 11.6 Å². The smallest absolute Gasteiger partial charge is 0.259 e. The number of para-hydroxylation sites is 1. The van der Waals surface area contributed by atoms with Crippen molar-refractivity contribution in [1.29, 1.82) is 0 Å². The van der Waals surface area contributed by atoms with E-state index in [1.54, 1.807) is 18.2 Å². The molecular weight excluding hydrogens is 250 g/mol. The van der Waals surface area contributed by atoms with Crippen LogP contribution in [0.1, 0.15) is 34.8 Å². The van der Waals surface area contributed by atoms with Crippen LogP contribution in [0.25, 0.3) is 0 Å². The molecule has 0 aliphatic carbocycles. The molecule has 104 valence electrons. The van der Waals surface area contributed by atoms with E-state index in [4.69, 9.17) is 0 Å². The van der Waals surface area contributed by atoms with Crippen LogP contribution in [-0.4, -0.2) is 11.0 Å². The average molecular weight is 269 g/mol. The Balaban J connectivity index is 2.26. The molecule has 0 saturated heterocycles. The molecule has 0 fully saturated rings. The molecule has 3 heteroatoms. The normalized spacial score (nSPS) is 10.3. The summed E-state index contributed by atoms with van der Waals surface area (Å²) in [6.07, 6.45) is 1.93. The number of amides is 1. The molecule has 0 radical (unpaired) electrons. The third-order valence-corrected chi connectivity index (χ3v) is 3.18. The van der Waals surface area contributed by atoms with Crippen molar-refractivity contribution < 1.29 is 9.90 Å². The average Bonchev–Trinajstić information content (AvgIpc) is 2.44. The predicted octanol–water partition coefficient (Wildman–Crippen LogP) is 3.91. The summed E-state index contributed by atoms with van der Waals surface area (Å²) < 4.78 is 0. The molecule has 0 atom stereocenters. The van der Waals surface area contributed by atoms with E-state index in [9.17, 15) is 9.90 Å². The van der Waals surface area contributed by atoms with Crippen molar-refractivity contribution in [1.82, 2.24) is 0 Å². The van der Waals surface area contributed by atoms with Gasteiger partial charge in [0.25, 0.3) is 5.91 Å². The van der Waals surface area contributed by atoms with Gasteiger partial charge in [0.15, 0.2) is 0 Å². The molecule has 1 amide bonds. The summed E-state index contributed by atoms with van der Waals surface area (Å²) in [7, 11) is 0. The lowest BCUT2D eigenvalue weighted by Gasteiger charge is -2.11. The van der Waals surface area contributed by atoms with Gasteiger partial charge in [-0.25, -0.2) is 0 Å². The molecule has 20 heavy (non-hydrogen) atoms. The van der Waals surface area contributed by atoms with Gasteiger partial charge in [-0.2, -0.15) is 0 Å². The third-order valence-electron chi connectivity index (χ3n) is 3.18. The number of benzene rings is 2. The summed E-state index contributed by atoms with van der Waals surface area (Å²) in [5.41, 5.74) is 3.15. The topological polar surface area (TPSA) is 49.3 Å². The zero-order valence-corrected chi connectivity index (χ0v) is 11.8. The molecule has 0 aliphatic rings. The SMILES string of the molecule is CCCc1ccccc1NC(=O)c1cc(C)ccc1O. The number of aromatic hydroxyl groups is 1. The van der Waals surface area contributed by atoms with Crippen LogP contribution >= 0.6 is 0 Å². The third kappa shape index (κ3) is 3.18. The zero-order valence-electron chi connectivity index (χ0n) is 11.8. The van der Waals surface area contributed by atoms with Crippen molar-refractivity contribution in [2.75, 3.05) is 5.32 Å². The molecule has 0 bridgehead atoms. The molecule has 2 N–H and O–H groups in total. The van der Waals surface area contributed by atoms with Crippen LogP contribution in [0.3, 0.4) is 0 Å². The van der Waals surface area contributed by atoms with Crippen molar-refractivity contribution in [3.8, 4) is 5.75 Å².